The molecule has 8 heteroatoms. The molecule has 2 aromatic carbocycles. The van der Waals surface area contributed by atoms with Crippen LogP contribution in [0.1, 0.15) is 25.3 Å². The lowest BCUT2D eigenvalue weighted by molar-refractivity contribution is -0.123. The lowest BCUT2D eigenvalue weighted by atomic mass is 10.0. The first-order chi connectivity index (χ1) is 13.4. The minimum atomic E-state index is -3.74. The normalized spacial score (nSPS) is 13.7. The Balaban J connectivity index is 1.79. The van der Waals surface area contributed by atoms with Crippen molar-refractivity contribution in [2.75, 3.05) is 24.0 Å². The number of halogens is 1. The van der Waals surface area contributed by atoms with Crippen LogP contribution < -0.4 is 14.4 Å². The van der Waals surface area contributed by atoms with Crippen LogP contribution in [-0.4, -0.2) is 34.0 Å². The van der Waals surface area contributed by atoms with Crippen LogP contribution in [-0.2, 0) is 21.2 Å². The second kappa shape index (κ2) is 8.84. The Bertz CT molecular complexity index is 962. The van der Waals surface area contributed by atoms with Gasteiger partial charge in [0.1, 0.15) is 5.75 Å². The smallest absolute Gasteiger partial charge is 0.264 e. The Morgan fingerprint density at radius 2 is 2.04 bits per heavy atom. The molecular formula is C20H23ClN2O4S. The standard InChI is InChI=1S/C20H23ClN2O4S/c1-2-11-22-20(24)14-27-19-10-9-16(13-17(19)21)28(25,26)23-12-5-7-15-6-3-4-8-18(15)23/h3-4,6,8-10,13H,2,5,7,11-12,14H2,1H3,(H,22,24). The predicted molar refractivity (Wildman–Crippen MR) is 110 cm³/mol. The van der Waals surface area contributed by atoms with Gasteiger partial charge >= 0.3 is 0 Å². The fourth-order valence-electron chi connectivity index (χ4n) is 3.09. The number of ether oxygens (including phenoxy) is 1. The van der Waals surface area contributed by atoms with E-state index < -0.39 is 10.0 Å². The average Bonchev–Trinajstić information content (AvgIpc) is 2.70. The van der Waals surface area contributed by atoms with E-state index in [-0.39, 0.29) is 28.2 Å². The fraction of sp³-hybridized carbons (Fsp3) is 0.350. The molecule has 0 fully saturated rings. The number of nitrogens with one attached hydrogen (secondary N) is 1. The number of carbonyl (C=O) groups excluding carboxylic acids is 1. The molecule has 1 amide bonds. The summed E-state index contributed by atoms with van der Waals surface area (Å²) in [6.07, 6.45) is 2.45. The van der Waals surface area contributed by atoms with Crippen molar-refractivity contribution in [3.05, 3.63) is 53.1 Å². The summed E-state index contributed by atoms with van der Waals surface area (Å²) < 4.78 is 33.2. The Morgan fingerprint density at radius 1 is 1.25 bits per heavy atom. The average molecular weight is 423 g/mol. The highest BCUT2D eigenvalue weighted by Gasteiger charge is 2.29. The summed E-state index contributed by atoms with van der Waals surface area (Å²) in [5.41, 5.74) is 1.72. The topological polar surface area (TPSA) is 75.7 Å². The minimum Gasteiger partial charge on any atom is -0.482 e. The van der Waals surface area contributed by atoms with Crippen molar-refractivity contribution in [1.82, 2.24) is 5.32 Å². The van der Waals surface area contributed by atoms with Gasteiger partial charge in [-0.2, -0.15) is 0 Å². The number of hydrogen-bond acceptors (Lipinski definition) is 4. The molecule has 0 unspecified atom stereocenters. The first-order valence-electron chi connectivity index (χ1n) is 9.23. The molecule has 0 radical (unpaired) electrons. The second-order valence-corrected chi connectivity index (χ2v) is 8.81. The van der Waals surface area contributed by atoms with Crippen molar-refractivity contribution >= 4 is 33.2 Å². The number of rotatable bonds is 7. The third-order valence-electron chi connectivity index (χ3n) is 4.49. The SMILES string of the molecule is CCCNC(=O)COc1ccc(S(=O)(=O)N2CCCc3ccccc32)cc1Cl. The van der Waals surface area contributed by atoms with Gasteiger partial charge in [0.05, 0.1) is 15.6 Å². The molecule has 0 saturated heterocycles. The molecule has 1 heterocycles. The molecule has 0 atom stereocenters. The molecule has 28 heavy (non-hydrogen) atoms. The van der Waals surface area contributed by atoms with Crippen LogP contribution >= 0.6 is 11.6 Å². The molecule has 1 aliphatic heterocycles. The molecule has 0 spiro atoms. The van der Waals surface area contributed by atoms with E-state index in [1.165, 1.54) is 22.5 Å². The highest BCUT2D eigenvalue weighted by Crippen LogP contribution is 2.34. The number of anilines is 1. The summed E-state index contributed by atoms with van der Waals surface area (Å²) in [6, 6.07) is 11.8. The third-order valence-corrected chi connectivity index (χ3v) is 6.59. The zero-order valence-electron chi connectivity index (χ0n) is 15.7. The van der Waals surface area contributed by atoms with Gasteiger partial charge in [0.2, 0.25) is 0 Å². The van der Waals surface area contributed by atoms with Crippen LogP contribution in [0, 0.1) is 0 Å². The van der Waals surface area contributed by atoms with Gasteiger partial charge in [-0.1, -0.05) is 36.7 Å². The minimum absolute atomic E-state index is 0.0944. The Morgan fingerprint density at radius 3 is 2.79 bits per heavy atom. The van der Waals surface area contributed by atoms with Crippen molar-refractivity contribution in [2.45, 2.75) is 31.1 Å². The molecule has 1 aliphatic rings. The van der Waals surface area contributed by atoms with Crippen molar-refractivity contribution in [1.29, 1.82) is 0 Å². The highest BCUT2D eigenvalue weighted by atomic mass is 35.5. The monoisotopic (exact) mass is 422 g/mol. The molecule has 6 nitrogen and oxygen atoms in total. The van der Waals surface area contributed by atoms with Gasteiger partial charge in [0.25, 0.3) is 15.9 Å². The molecule has 0 saturated carbocycles. The van der Waals surface area contributed by atoms with Gasteiger partial charge in [-0.3, -0.25) is 9.10 Å². The van der Waals surface area contributed by atoms with E-state index in [9.17, 15) is 13.2 Å². The predicted octanol–water partition coefficient (Wildman–Crippen LogP) is 3.39. The molecule has 0 aliphatic carbocycles. The number of aryl methyl sites for hydroxylation is 1. The van der Waals surface area contributed by atoms with Crippen LogP contribution in [0.3, 0.4) is 0 Å². The van der Waals surface area contributed by atoms with Gasteiger partial charge in [0, 0.05) is 13.1 Å². The lowest BCUT2D eigenvalue weighted by Gasteiger charge is -2.30. The number of nitrogens with zero attached hydrogens (tertiary/aromatic N) is 1. The fourth-order valence-corrected chi connectivity index (χ4v) is 4.96. The van der Waals surface area contributed by atoms with Crippen LogP contribution in [0.5, 0.6) is 5.75 Å². The molecular weight excluding hydrogens is 400 g/mol. The van der Waals surface area contributed by atoms with E-state index in [2.05, 4.69) is 5.32 Å². The summed E-state index contributed by atoms with van der Waals surface area (Å²) in [5, 5.41) is 2.85. The number of para-hydroxylation sites is 1. The van der Waals surface area contributed by atoms with Gasteiger partial charge in [-0.05, 0) is 49.1 Å². The molecule has 0 bridgehead atoms. The van der Waals surface area contributed by atoms with E-state index in [1.807, 2.05) is 31.2 Å². The summed E-state index contributed by atoms with van der Waals surface area (Å²) in [7, 11) is -3.74. The van der Waals surface area contributed by atoms with Crippen LogP contribution in [0.15, 0.2) is 47.4 Å². The zero-order chi connectivity index (χ0) is 20.1. The maximum absolute atomic E-state index is 13.2. The van der Waals surface area contributed by atoms with Gasteiger partial charge in [0.15, 0.2) is 6.61 Å². The maximum Gasteiger partial charge on any atom is 0.264 e. The van der Waals surface area contributed by atoms with Crippen LogP contribution in [0.4, 0.5) is 5.69 Å². The van der Waals surface area contributed by atoms with E-state index in [0.29, 0.717) is 18.8 Å². The van der Waals surface area contributed by atoms with Crippen molar-refractivity contribution < 1.29 is 17.9 Å². The highest BCUT2D eigenvalue weighted by molar-refractivity contribution is 7.92. The third kappa shape index (κ3) is 4.42. The van der Waals surface area contributed by atoms with Crippen molar-refractivity contribution in [2.24, 2.45) is 0 Å². The summed E-state index contributed by atoms with van der Waals surface area (Å²) in [6.45, 7) is 2.78. The Hall–Kier alpha value is -2.25. The summed E-state index contributed by atoms with van der Waals surface area (Å²) in [5.74, 6) is 0.0193. The quantitative estimate of drug-likeness (QED) is 0.742. The number of sulfonamides is 1. The van der Waals surface area contributed by atoms with E-state index in [0.717, 1.165) is 24.8 Å². The van der Waals surface area contributed by atoms with Crippen LogP contribution in [0.2, 0.25) is 5.02 Å². The maximum atomic E-state index is 13.2. The largest absolute Gasteiger partial charge is 0.482 e. The van der Waals surface area contributed by atoms with Crippen molar-refractivity contribution in [3.8, 4) is 5.75 Å². The van der Waals surface area contributed by atoms with Gasteiger partial charge in [-0.15, -0.1) is 0 Å². The first-order valence-corrected chi connectivity index (χ1v) is 11.0. The molecule has 1 N–H and O–H groups in total. The number of fused-ring (bicyclic) bond motifs is 1. The Kier molecular flexibility index (Phi) is 6.46. The molecule has 3 rings (SSSR count). The van der Waals surface area contributed by atoms with E-state index in [4.69, 9.17) is 16.3 Å². The molecule has 150 valence electrons. The first kappa shape index (κ1) is 20.5. The molecule has 0 aromatic heterocycles. The van der Waals surface area contributed by atoms with E-state index in [1.54, 1.807) is 0 Å². The number of amides is 1. The second-order valence-electron chi connectivity index (χ2n) is 6.54. The van der Waals surface area contributed by atoms with Crippen LogP contribution in [0.25, 0.3) is 0 Å². The van der Waals surface area contributed by atoms with Gasteiger partial charge in [-0.25, -0.2) is 8.42 Å². The molecule has 2 aromatic rings. The number of carbonyl (C=O) groups is 1. The zero-order valence-corrected chi connectivity index (χ0v) is 17.2. The van der Waals surface area contributed by atoms with Crippen molar-refractivity contribution in [3.63, 3.8) is 0 Å². The van der Waals surface area contributed by atoms with Gasteiger partial charge < -0.3 is 10.1 Å². The summed E-state index contributed by atoms with van der Waals surface area (Å²) in [4.78, 5) is 11.7. The lowest BCUT2D eigenvalue weighted by Crippen LogP contribution is -2.35. The number of benzene rings is 2. The number of hydrogen-bond donors (Lipinski definition) is 1. The summed E-state index contributed by atoms with van der Waals surface area (Å²) >= 11 is 6.22. The Labute approximate surface area is 170 Å². The van der Waals surface area contributed by atoms with E-state index >= 15 is 0 Å².